The predicted molar refractivity (Wildman–Crippen MR) is 123 cm³/mol. The van der Waals surface area contributed by atoms with Crippen molar-refractivity contribution in [2.24, 2.45) is 0 Å². The smallest absolute Gasteiger partial charge is 0.420 e. The molecule has 5 rings (SSSR count). The molecule has 2 aliphatic rings. The van der Waals surface area contributed by atoms with Crippen LogP contribution in [0.1, 0.15) is 16.7 Å². The van der Waals surface area contributed by atoms with Crippen molar-refractivity contribution < 1.29 is 50.4 Å². The molecule has 2 fully saturated rings. The summed E-state index contributed by atoms with van der Waals surface area (Å²) in [5.74, 6) is -1.71. The Morgan fingerprint density at radius 2 is 1.16 bits per heavy atom. The van der Waals surface area contributed by atoms with Crippen LogP contribution in [-0.4, -0.2) is 38.6 Å². The predicted octanol–water partition coefficient (Wildman–Crippen LogP) is 5.70. The zero-order valence-corrected chi connectivity index (χ0v) is 19.9. The van der Waals surface area contributed by atoms with Crippen LogP contribution in [0.15, 0.2) is 54.6 Å². The molecule has 2 saturated heterocycles. The van der Waals surface area contributed by atoms with Crippen molar-refractivity contribution in [3.8, 4) is 23.0 Å². The molecule has 0 N–H and O–H groups in total. The molecule has 3 aromatic rings. The Hall–Kier alpha value is -3.57. The molecule has 3 aromatic carbocycles. The minimum Gasteiger partial charge on any atom is -0.489 e. The van der Waals surface area contributed by atoms with Crippen LogP contribution in [0.25, 0.3) is 0 Å². The first-order valence-corrected chi connectivity index (χ1v) is 11.8. The van der Waals surface area contributed by atoms with Crippen molar-refractivity contribution in [3.05, 3.63) is 82.9 Å². The van der Waals surface area contributed by atoms with Gasteiger partial charge < -0.3 is 28.4 Å². The number of rotatable bonds is 12. The van der Waals surface area contributed by atoms with Gasteiger partial charge in [-0.2, -0.15) is 13.2 Å². The normalized spacial score (nSPS) is 18.1. The molecule has 0 amide bonds. The number of alkyl halides is 3. The van der Waals surface area contributed by atoms with Gasteiger partial charge in [0.05, 0.1) is 13.2 Å². The first-order chi connectivity index (χ1) is 18.2. The van der Waals surface area contributed by atoms with Gasteiger partial charge in [-0.1, -0.05) is 12.1 Å². The summed E-state index contributed by atoms with van der Waals surface area (Å²) in [6.45, 7) is 1.15. The fraction of sp³-hybridized carbons (Fsp3) is 0.333. The summed E-state index contributed by atoms with van der Waals surface area (Å²) in [6.07, 6.45) is -4.81. The zero-order valence-electron chi connectivity index (χ0n) is 19.9. The maximum atomic E-state index is 14.3. The van der Waals surface area contributed by atoms with Crippen molar-refractivity contribution in [1.82, 2.24) is 0 Å². The van der Waals surface area contributed by atoms with Crippen LogP contribution in [0, 0.1) is 11.6 Å². The van der Waals surface area contributed by atoms with E-state index < -0.39 is 29.1 Å². The third kappa shape index (κ3) is 7.05. The minimum atomic E-state index is -4.74. The Morgan fingerprint density at radius 3 is 1.63 bits per heavy atom. The fourth-order valence-corrected chi connectivity index (χ4v) is 3.47. The molecule has 0 aliphatic carbocycles. The van der Waals surface area contributed by atoms with Crippen molar-refractivity contribution in [3.63, 3.8) is 0 Å². The standard InChI is InChI=1S/C27H23F5O6/c28-22-7-16(1-4-25(22)37-14-19-12-34-19)10-33-18-3-6-24(21(9-18)27(30,31)32)36-11-17-2-5-26(23(29)8-17)38-15-20-13-35-20/h1-9,19-20H,10-15H2. The Labute approximate surface area is 214 Å². The third-order valence-electron chi connectivity index (χ3n) is 5.70. The highest BCUT2D eigenvalue weighted by molar-refractivity contribution is 5.42. The van der Waals surface area contributed by atoms with E-state index in [1.807, 2.05) is 0 Å². The molecule has 0 bridgehead atoms. The lowest BCUT2D eigenvalue weighted by Gasteiger charge is -2.16. The Bertz CT molecular complexity index is 1270. The summed E-state index contributed by atoms with van der Waals surface area (Å²) in [4.78, 5) is 0. The summed E-state index contributed by atoms with van der Waals surface area (Å²) >= 11 is 0. The molecular weight excluding hydrogens is 515 g/mol. The van der Waals surface area contributed by atoms with E-state index in [1.54, 1.807) is 6.07 Å². The monoisotopic (exact) mass is 538 g/mol. The summed E-state index contributed by atoms with van der Waals surface area (Å²) < 4.78 is 101. The van der Waals surface area contributed by atoms with Crippen molar-refractivity contribution in [2.45, 2.75) is 31.6 Å². The van der Waals surface area contributed by atoms with Crippen LogP contribution < -0.4 is 18.9 Å². The van der Waals surface area contributed by atoms with Crippen molar-refractivity contribution >= 4 is 0 Å². The summed E-state index contributed by atoms with van der Waals surface area (Å²) in [6, 6.07) is 11.5. The number of hydrogen-bond donors (Lipinski definition) is 0. The first kappa shape index (κ1) is 26.1. The number of ether oxygens (including phenoxy) is 6. The molecule has 0 saturated carbocycles. The average molecular weight is 538 g/mol. The molecule has 2 atom stereocenters. The van der Waals surface area contributed by atoms with Gasteiger partial charge in [0, 0.05) is 0 Å². The summed E-state index contributed by atoms with van der Waals surface area (Å²) in [7, 11) is 0. The van der Waals surface area contributed by atoms with E-state index >= 15 is 0 Å². The first-order valence-electron chi connectivity index (χ1n) is 11.8. The molecule has 2 unspecified atom stereocenters. The summed E-state index contributed by atoms with van der Waals surface area (Å²) in [5, 5.41) is 0. The zero-order chi connectivity index (χ0) is 26.7. The lowest BCUT2D eigenvalue weighted by molar-refractivity contribution is -0.139. The number of halogens is 5. The van der Waals surface area contributed by atoms with E-state index in [2.05, 4.69) is 0 Å². The van der Waals surface area contributed by atoms with Gasteiger partial charge in [0.2, 0.25) is 0 Å². The molecule has 2 aliphatic heterocycles. The van der Waals surface area contributed by atoms with E-state index in [4.69, 9.17) is 28.4 Å². The maximum absolute atomic E-state index is 14.3. The van der Waals surface area contributed by atoms with Gasteiger partial charge in [0.1, 0.15) is 55.7 Å². The molecule has 2 heterocycles. The van der Waals surface area contributed by atoms with Crippen molar-refractivity contribution in [2.75, 3.05) is 26.4 Å². The van der Waals surface area contributed by atoms with Crippen LogP contribution in [-0.2, 0) is 28.9 Å². The molecule has 0 radical (unpaired) electrons. The molecule has 202 valence electrons. The molecule has 0 spiro atoms. The van der Waals surface area contributed by atoms with E-state index in [9.17, 15) is 22.0 Å². The van der Waals surface area contributed by atoms with Gasteiger partial charge >= 0.3 is 6.18 Å². The lowest BCUT2D eigenvalue weighted by Crippen LogP contribution is -2.10. The van der Waals surface area contributed by atoms with Crippen LogP contribution in [0.3, 0.4) is 0 Å². The highest BCUT2D eigenvalue weighted by atomic mass is 19.4. The minimum absolute atomic E-state index is 0.0247. The van der Waals surface area contributed by atoms with Crippen LogP contribution in [0.2, 0.25) is 0 Å². The number of hydrogen-bond acceptors (Lipinski definition) is 6. The van der Waals surface area contributed by atoms with Gasteiger partial charge in [0.15, 0.2) is 23.1 Å². The van der Waals surface area contributed by atoms with Crippen molar-refractivity contribution in [1.29, 1.82) is 0 Å². The Kier molecular flexibility index (Phi) is 7.57. The second kappa shape index (κ2) is 11.0. The highest BCUT2D eigenvalue weighted by Gasteiger charge is 2.35. The van der Waals surface area contributed by atoms with Gasteiger partial charge in [-0.25, -0.2) is 8.78 Å². The van der Waals surface area contributed by atoms with E-state index in [0.29, 0.717) is 24.3 Å². The van der Waals surface area contributed by atoms with Gasteiger partial charge in [0.25, 0.3) is 0 Å². The van der Waals surface area contributed by atoms with Gasteiger partial charge in [-0.15, -0.1) is 0 Å². The number of benzene rings is 3. The van der Waals surface area contributed by atoms with E-state index in [-0.39, 0.29) is 55.9 Å². The largest absolute Gasteiger partial charge is 0.489 e. The van der Waals surface area contributed by atoms with Gasteiger partial charge in [-0.05, 0) is 53.6 Å². The van der Waals surface area contributed by atoms with Crippen LogP contribution in [0.5, 0.6) is 23.0 Å². The van der Waals surface area contributed by atoms with E-state index in [1.165, 1.54) is 30.3 Å². The molecule has 11 heteroatoms. The second-order valence-electron chi connectivity index (χ2n) is 8.80. The summed E-state index contributed by atoms with van der Waals surface area (Å²) in [5.41, 5.74) is -0.326. The quantitative estimate of drug-likeness (QED) is 0.218. The third-order valence-corrected chi connectivity index (χ3v) is 5.70. The van der Waals surface area contributed by atoms with E-state index in [0.717, 1.165) is 18.2 Å². The second-order valence-corrected chi connectivity index (χ2v) is 8.80. The topological polar surface area (TPSA) is 62.0 Å². The number of epoxide rings is 2. The Morgan fingerprint density at radius 1 is 0.658 bits per heavy atom. The highest BCUT2D eigenvalue weighted by Crippen LogP contribution is 2.39. The van der Waals surface area contributed by atoms with Gasteiger partial charge in [-0.3, -0.25) is 0 Å². The Balaban J connectivity index is 1.20. The SMILES string of the molecule is Fc1cc(COc2ccc(OCc3ccc(OCC4CO4)c(F)c3)c(C(F)(F)F)c2)ccc1OCC1CO1. The molecule has 6 nitrogen and oxygen atoms in total. The molecular formula is C27H23F5O6. The van der Waals surface area contributed by atoms with Crippen LogP contribution >= 0.6 is 0 Å². The maximum Gasteiger partial charge on any atom is 0.420 e. The molecule has 38 heavy (non-hydrogen) atoms. The fourth-order valence-electron chi connectivity index (χ4n) is 3.47. The lowest BCUT2D eigenvalue weighted by atomic mass is 10.1. The van der Waals surface area contributed by atoms with Crippen LogP contribution in [0.4, 0.5) is 22.0 Å². The average Bonchev–Trinajstić information content (AvgIpc) is 3.80. The molecule has 0 aromatic heterocycles.